The highest BCUT2D eigenvalue weighted by Crippen LogP contribution is 2.19. The molecule has 0 radical (unpaired) electrons. The van der Waals surface area contributed by atoms with Gasteiger partial charge < -0.3 is 5.32 Å². The molecule has 0 aliphatic rings. The quantitative estimate of drug-likeness (QED) is 0.558. The van der Waals surface area contributed by atoms with Crippen molar-refractivity contribution in [2.45, 2.75) is 13.5 Å². The summed E-state index contributed by atoms with van der Waals surface area (Å²) < 4.78 is 15.8. The minimum absolute atomic E-state index is 0.203. The molecule has 0 unspecified atom stereocenters. The van der Waals surface area contributed by atoms with E-state index in [1.165, 1.54) is 46.0 Å². The first-order valence-corrected chi connectivity index (χ1v) is 9.05. The van der Waals surface area contributed by atoms with Gasteiger partial charge >= 0.3 is 0 Å². The number of nitrogens with zero attached hydrogens (tertiary/aromatic N) is 4. The van der Waals surface area contributed by atoms with Gasteiger partial charge in [-0.25, -0.2) is 14.1 Å². The Morgan fingerprint density at radius 3 is 2.69 bits per heavy atom. The molecular weight excluding hydrogens is 397 g/mol. The maximum atomic E-state index is 13.1. The molecule has 2 heterocycles. The van der Waals surface area contributed by atoms with Crippen molar-refractivity contribution in [3.8, 4) is 5.69 Å². The first-order chi connectivity index (χ1) is 13.9. The zero-order valence-corrected chi connectivity index (χ0v) is 16.0. The molecule has 146 valence electrons. The number of halogens is 2. The number of hydrogen-bond acceptors (Lipinski definition) is 4. The molecule has 0 atom stereocenters. The number of anilines is 1. The Morgan fingerprint density at radius 2 is 1.97 bits per heavy atom. The van der Waals surface area contributed by atoms with Crippen molar-refractivity contribution in [2.24, 2.45) is 0 Å². The molecule has 4 aromatic rings. The van der Waals surface area contributed by atoms with E-state index in [2.05, 4.69) is 15.4 Å². The van der Waals surface area contributed by atoms with Crippen molar-refractivity contribution in [2.75, 3.05) is 5.32 Å². The van der Waals surface area contributed by atoms with Gasteiger partial charge in [0.05, 0.1) is 11.9 Å². The fourth-order valence-electron chi connectivity index (χ4n) is 2.94. The van der Waals surface area contributed by atoms with E-state index < -0.39 is 5.56 Å². The first-order valence-electron chi connectivity index (χ1n) is 8.67. The largest absolute Gasteiger partial charge is 0.324 e. The van der Waals surface area contributed by atoms with Gasteiger partial charge in [0.1, 0.15) is 24.1 Å². The SMILES string of the molecule is Cc1cc(Cl)ccc1NC(=O)Cn1cnc2c(cnn2-c2ccc(F)cc2)c1=O. The first kappa shape index (κ1) is 18.8. The molecule has 0 saturated heterocycles. The van der Waals surface area contributed by atoms with Crippen LogP contribution in [0.2, 0.25) is 5.02 Å². The third-order valence-electron chi connectivity index (χ3n) is 4.40. The van der Waals surface area contributed by atoms with Crippen LogP contribution in [0.1, 0.15) is 5.56 Å². The van der Waals surface area contributed by atoms with Crippen molar-refractivity contribution >= 4 is 34.2 Å². The molecule has 2 aromatic heterocycles. The van der Waals surface area contributed by atoms with Crippen molar-refractivity contribution in [1.29, 1.82) is 0 Å². The Bertz CT molecular complexity index is 1280. The molecule has 29 heavy (non-hydrogen) atoms. The van der Waals surface area contributed by atoms with Gasteiger partial charge in [-0.1, -0.05) is 11.6 Å². The average Bonchev–Trinajstić information content (AvgIpc) is 3.12. The number of aryl methyl sites for hydroxylation is 1. The topological polar surface area (TPSA) is 81.8 Å². The third-order valence-corrected chi connectivity index (χ3v) is 4.64. The number of carbonyl (C=O) groups excluding carboxylic acids is 1. The van der Waals surface area contributed by atoms with Gasteiger partial charge in [0.15, 0.2) is 5.65 Å². The summed E-state index contributed by atoms with van der Waals surface area (Å²) in [5, 5.41) is 7.76. The molecule has 0 saturated carbocycles. The Morgan fingerprint density at radius 1 is 1.21 bits per heavy atom. The van der Waals surface area contributed by atoms with E-state index in [1.807, 2.05) is 6.92 Å². The summed E-state index contributed by atoms with van der Waals surface area (Å²) in [6, 6.07) is 10.8. The highest BCUT2D eigenvalue weighted by atomic mass is 35.5. The van der Waals surface area contributed by atoms with Crippen LogP contribution in [0, 0.1) is 12.7 Å². The number of amides is 1. The van der Waals surface area contributed by atoms with E-state index in [0.717, 1.165) is 5.56 Å². The number of aromatic nitrogens is 4. The molecule has 0 spiro atoms. The number of rotatable bonds is 4. The van der Waals surface area contributed by atoms with Crippen LogP contribution in [0.3, 0.4) is 0 Å². The third kappa shape index (κ3) is 3.74. The smallest absolute Gasteiger partial charge is 0.264 e. The zero-order valence-electron chi connectivity index (χ0n) is 15.3. The van der Waals surface area contributed by atoms with E-state index in [1.54, 1.807) is 18.2 Å². The number of nitrogens with one attached hydrogen (secondary N) is 1. The van der Waals surface area contributed by atoms with Gasteiger partial charge in [-0.15, -0.1) is 0 Å². The van der Waals surface area contributed by atoms with Crippen LogP contribution in [-0.4, -0.2) is 25.2 Å². The van der Waals surface area contributed by atoms with Crippen molar-refractivity contribution < 1.29 is 9.18 Å². The molecule has 1 N–H and O–H groups in total. The Labute approximate surface area is 169 Å². The molecule has 0 bridgehead atoms. The summed E-state index contributed by atoms with van der Waals surface area (Å²) in [6.07, 6.45) is 2.67. The average molecular weight is 412 g/mol. The van der Waals surface area contributed by atoms with Crippen LogP contribution < -0.4 is 10.9 Å². The van der Waals surface area contributed by atoms with Gasteiger partial charge in [-0.05, 0) is 55.0 Å². The second kappa shape index (κ2) is 7.48. The van der Waals surface area contributed by atoms with E-state index in [9.17, 15) is 14.0 Å². The van der Waals surface area contributed by atoms with Gasteiger partial charge in [0.2, 0.25) is 5.91 Å². The van der Waals surface area contributed by atoms with Crippen molar-refractivity contribution in [1.82, 2.24) is 19.3 Å². The molecule has 0 aliphatic heterocycles. The highest BCUT2D eigenvalue weighted by Gasteiger charge is 2.14. The summed E-state index contributed by atoms with van der Waals surface area (Å²) in [5.74, 6) is -0.743. The van der Waals surface area contributed by atoms with E-state index in [0.29, 0.717) is 22.0 Å². The van der Waals surface area contributed by atoms with Gasteiger partial charge in [0, 0.05) is 10.7 Å². The molecule has 0 fully saturated rings. The lowest BCUT2D eigenvalue weighted by Crippen LogP contribution is -2.28. The predicted molar refractivity (Wildman–Crippen MR) is 108 cm³/mol. The van der Waals surface area contributed by atoms with Crippen LogP contribution in [-0.2, 0) is 11.3 Å². The zero-order chi connectivity index (χ0) is 20.5. The van der Waals surface area contributed by atoms with Crippen molar-refractivity contribution in [3.05, 3.63) is 81.7 Å². The Kier molecular flexibility index (Phi) is 4.85. The van der Waals surface area contributed by atoms with Crippen molar-refractivity contribution in [3.63, 3.8) is 0 Å². The van der Waals surface area contributed by atoms with Gasteiger partial charge in [-0.2, -0.15) is 5.10 Å². The summed E-state index contributed by atoms with van der Waals surface area (Å²) in [7, 11) is 0. The molecule has 9 heteroatoms. The van der Waals surface area contributed by atoms with Crippen LogP contribution >= 0.6 is 11.6 Å². The second-order valence-corrected chi connectivity index (χ2v) is 6.89. The monoisotopic (exact) mass is 411 g/mol. The molecule has 2 aromatic carbocycles. The summed E-state index contributed by atoms with van der Waals surface area (Å²) in [4.78, 5) is 29.4. The minimum atomic E-state index is -0.397. The summed E-state index contributed by atoms with van der Waals surface area (Å²) in [5.41, 5.74) is 1.93. The van der Waals surface area contributed by atoms with E-state index in [4.69, 9.17) is 11.6 Å². The maximum absolute atomic E-state index is 13.1. The molecule has 0 aliphatic carbocycles. The fourth-order valence-corrected chi connectivity index (χ4v) is 3.17. The number of hydrogen-bond donors (Lipinski definition) is 1. The Balaban J connectivity index is 1.60. The number of carbonyl (C=O) groups is 1. The lowest BCUT2D eigenvalue weighted by atomic mass is 10.2. The molecule has 4 rings (SSSR count). The normalized spacial score (nSPS) is 11.0. The standard InChI is InChI=1S/C20H15ClFN5O2/c1-12-8-13(21)2-7-17(12)25-18(28)10-26-11-23-19-16(20(26)29)9-24-27(19)15-5-3-14(22)4-6-15/h2-9,11H,10H2,1H3,(H,25,28). The summed E-state index contributed by atoms with van der Waals surface area (Å²) in [6.45, 7) is 1.62. The number of benzene rings is 2. The van der Waals surface area contributed by atoms with Crippen LogP contribution in [0.5, 0.6) is 0 Å². The van der Waals surface area contributed by atoms with Crippen LogP contribution in [0.25, 0.3) is 16.7 Å². The number of fused-ring (bicyclic) bond motifs is 1. The van der Waals surface area contributed by atoms with E-state index in [-0.39, 0.29) is 23.7 Å². The minimum Gasteiger partial charge on any atom is -0.324 e. The molecule has 7 nitrogen and oxygen atoms in total. The van der Waals surface area contributed by atoms with Gasteiger partial charge in [0.25, 0.3) is 5.56 Å². The fraction of sp³-hybridized carbons (Fsp3) is 0.100. The van der Waals surface area contributed by atoms with Gasteiger partial charge in [-0.3, -0.25) is 14.2 Å². The van der Waals surface area contributed by atoms with Crippen LogP contribution in [0.15, 0.2) is 59.8 Å². The Hall–Kier alpha value is -3.52. The molecular formula is C20H15ClFN5O2. The predicted octanol–water partition coefficient (Wildman–Crippen LogP) is 3.32. The molecule has 1 amide bonds. The van der Waals surface area contributed by atoms with Crippen LogP contribution in [0.4, 0.5) is 10.1 Å². The lowest BCUT2D eigenvalue weighted by molar-refractivity contribution is -0.116. The lowest BCUT2D eigenvalue weighted by Gasteiger charge is -2.10. The maximum Gasteiger partial charge on any atom is 0.264 e. The highest BCUT2D eigenvalue weighted by molar-refractivity contribution is 6.30. The second-order valence-electron chi connectivity index (χ2n) is 6.46. The summed E-state index contributed by atoms with van der Waals surface area (Å²) >= 11 is 5.92. The van der Waals surface area contributed by atoms with E-state index >= 15 is 0 Å².